The molecule has 3 aromatic rings. The Morgan fingerprint density at radius 3 is 2.64 bits per heavy atom. The Hall–Kier alpha value is -3.41. The standard InChI is InChI=1S/C19H17N3O3/c1-2-24-19(23)15-5-3-14(4-6-15)18-8-7-17(25-18)13-21-22-16-9-11-20-12-10-16/h3-13H,2H2,1H3,(H,20,22)/b21-13+. The minimum absolute atomic E-state index is 0.330. The van der Waals surface area contributed by atoms with Crippen LogP contribution >= 0.6 is 0 Å². The number of furan rings is 1. The average Bonchev–Trinajstić information content (AvgIpc) is 3.12. The van der Waals surface area contributed by atoms with Crippen molar-refractivity contribution in [1.82, 2.24) is 4.98 Å². The van der Waals surface area contributed by atoms with Crippen molar-refractivity contribution in [1.29, 1.82) is 0 Å². The molecule has 0 aliphatic carbocycles. The van der Waals surface area contributed by atoms with Gasteiger partial charge in [0.15, 0.2) is 0 Å². The molecule has 6 heteroatoms. The van der Waals surface area contributed by atoms with E-state index in [2.05, 4.69) is 15.5 Å². The number of hydrazone groups is 1. The molecule has 25 heavy (non-hydrogen) atoms. The van der Waals surface area contributed by atoms with Gasteiger partial charge in [-0.15, -0.1) is 0 Å². The zero-order valence-corrected chi connectivity index (χ0v) is 13.7. The van der Waals surface area contributed by atoms with Crippen molar-refractivity contribution < 1.29 is 13.9 Å². The first-order valence-corrected chi connectivity index (χ1v) is 7.83. The van der Waals surface area contributed by atoms with Crippen molar-refractivity contribution in [3.63, 3.8) is 0 Å². The summed E-state index contributed by atoms with van der Waals surface area (Å²) >= 11 is 0. The molecule has 0 saturated carbocycles. The normalized spacial score (nSPS) is 10.8. The van der Waals surface area contributed by atoms with Crippen LogP contribution in [0.4, 0.5) is 5.69 Å². The third-order valence-electron chi connectivity index (χ3n) is 3.37. The molecule has 126 valence electrons. The van der Waals surface area contributed by atoms with Gasteiger partial charge in [0.1, 0.15) is 11.5 Å². The second kappa shape index (κ2) is 7.92. The van der Waals surface area contributed by atoms with E-state index in [9.17, 15) is 4.79 Å². The summed E-state index contributed by atoms with van der Waals surface area (Å²) in [4.78, 5) is 15.6. The lowest BCUT2D eigenvalue weighted by molar-refractivity contribution is 0.0526. The molecule has 0 radical (unpaired) electrons. The maximum Gasteiger partial charge on any atom is 0.338 e. The highest BCUT2D eigenvalue weighted by Gasteiger charge is 2.08. The molecule has 6 nitrogen and oxygen atoms in total. The Morgan fingerprint density at radius 2 is 1.92 bits per heavy atom. The molecule has 2 aromatic heterocycles. The SMILES string of the molecule is CCOC(=O)c1ccc(-c2ccc(/C=N/Nc3ccncc3)o2)cc1. The molecule has 2 heterocycles. The summed E-state index contributed by atoms with van der Waals surface area (Å²) in [5.74, 6) is 0.982. The molecule has 0 bridgehead atoms. The summed E-state index contributed by atoms with van der Waals surface area (Å²) in [6.07, 6.45) is 4.96. The molecule has 0 aliphatic heterocycles. The number of anilines is 1. The van der Waals surface area contributed by atoms with Crippen LogP contribution in [0.25, 0.3) is 11.3 Å². The van der Waals surface area contributed by atoms with Crippen LogP contribution in [-0.4, -0.2) is 23.8 Å². The molecular weight excluding hydrogens is 318 g/mol. The summed E-state index contributed by atoms with van der Waals surface area (Å²) < 4.78 is 10.7. The van der Waals surface area contributed by atoms with E-state index in [4.69, 9.17) is 9.15 Å². The van der Waals surface area contributed by atoms with Crippen LogP contribution in [0.15, 0.2) is 70.4 Å². The van der Waals surface area contributed by atoms with Crippen LogP contribution in [0.2, 0.25) is 0 Å². The van der Waals surface area contributed by atoms with Gasteiger partial charge in [-0.2, -0.15) is 5.10 Å². The fourth-order valence-corrected chi connectivity index (χ4v) is 2.16. The highest BCUT2D eigenvalue weighted by atomic mass is 16.5. The molecule has 3 rings (SSSR count). The van der Waals surface area contributed by atoms with E-state index < -0.39 is 0 Å². The van der Waals surface area contributed by atoms with Crippen molar-refractivity contribution in [3.05, 3.63) is 72.2 Å². The zero-order chi connectivity index (χ0) is 17.5. The quantitative estimate of drug-likeness (QED) is 0.419. The number of carbonyl (C=O) groups is 1. The van der Waals surface area contributed by atoms with E-state index in [0.29, 0.717) is 23.7 Å². The number of hydrogen-bond acceptors (Lipinski definition) is 6. The van der Waals surface area contributed by atoms with E-state index in [0.717, 1.165) is 11.3 Å². The highest BCUT2D eigenvalue weighted by Crippen LogP contribution is 2.22. The first-order valence-electron chi connectivity index (χ1n) is 7.83. The number of carbonyl (C=O) groups excluding carboxylic acids is 1. The van der Waals surface area contributed by atoms with Gasteiger partial charge in [-0.25, -0.2) is 4.79 Å². The predicted octanol–water partition coefficient (Wildman–Crippen LogP) is 3.96. The van der Waals surface area contributed by atoms with Crippen LogP contribution in [0.3, 0.4) is 0 Å². The minimum atomic E-state index is -0.330. The summed E-state index contributed by atoms with van der Waals surface area (Å²) in [5.41, 5.74) is 5.12. The average molecular weight is 335 g/mol. The topological polar surface area (TPSA) is 76.7 Å². The van der Waals surface area contributed by atoms with Crippen molar-refractivity contribution in [2.75, 3.05) is 12.0 Å². The molecule has 1 aromatic carbocycles. The van der Waals surface area contributed by atoms with Crippen molar-refractivity contribution in [3.8, 4) is 11.3 Å². The Labute approximate surface area is 145 Å². The molecule has 0 spiro atoms. The number of rotatable bonds is 6. The summed E-state index contributed by atoms with van der Waals surface area (Å²) in [7, 11) is 0. The van der Waals surface area contributed by atoms with Gasteiger partial charge in [0.25, 0.3) is 0 Å². The third kappa shape index (κ3) is 4.32. The summed E-state index contributed by atoms with van der Waals surface area (Å²) in [6.45, 7) is 2.14. The van der Waals surface area contributed by atoms with Crippen molar-refractivity contribution in [2.45, 2.75) is 6.92 Å². The molecule has 0 amide bonds. The lowest BCUT2D eigenvalue weighted by Gasteiger charge is -2.02. The first kappa shape index (κ1) is 16.4. The van der Waals surface area contributed by atoms with E-state index >= 15 is 0 Å². The molecule has 0 aliphatic rings. The van der Waals surface area contributed by atoms with Gasteiger partial charge < -0.3 is 9.15 Å². The number of ether oxygens (including phenoxy) is 1. The zero-order valence-electron chi connectivity index (χ0n) is 13.7. The second-order valence-electron chi connectivity index (χ2n) is 5.11. The maximum atomic E-state index is 11.7. The van der Waals surface area contributed by atoms with Gasteiger partial charge >= 0.3 is 5.97 Å². The Bertz CT molecular complexity index is 855. The van der Waals surface area contributed by atoms with Crippen LogP contribution in [-0.2, 0) is 4.74 Å². The van der Waals surface area contributed by atoms with Crippen LogP contribution in [0.5, 0.6) is 0 Å². The third-order valence-corrected chi connectivity index (χ3v) is 3.37. The molecule has 1 N–H and O–H groups in total. The molecule has 0 saturated heterocycles. The Morgan fingerprint density at radius 1 is 1.16 bits per heavy atom. The first-order chi connectivity index (χ1) is 12.3. The second-order valence-corrected chi connectivity index (χ2v) is 5.11. The smallest absolute Gasteiger partial charge is 0.338 e. The number of nitrogens with zero attached hydrogens (tertiary/aromatic N) is 2. The van der Waals surface area contributed by atoms with Crippen molar-refractivity contribution >= 4 is 17.9 Å². The number of benzene rings is 1. The Balaban J connectivity index is 1.65. The van der Waals surface area contributed by atoms with E-state index in [1.54, 1.807) is 37.7 Å². The van der Waals surface area contributed by atoms with Gasteiger partial charge in [0.05, 0.1) is 24.1 Å². The number of esters is 1. The maximum absolute atomic E-state index is 11.7. The number of aromatic nitrogens is 1. The highest BCUT2D eigenvalue weighted by molar-refractivity contribution is 5.90. The number of nitrogens with one attached hydrogen (secondary N) is 1. The fraction of sp³-hybridized carbons (Fsp3) is 0.105. The van der Waals surface area contributed by atoms with Gasteiger partial charge in [0.2, 0.25) is 0 Å². The molecule has 0 unspecified atom stereocenters. The Kier molecular flexibility index (Phi) is 5.21. The number of pyridine rings is 1. The van der Waals surface area contributed by atoms with Gasteiger partial charge in [-0.05, 0) is 43.3 Å². The fourth-order valence-electron chi connectivity index (χ4n) is 2.16. The van der Waals surface area contributed by atoms with Crippen LogP contribution < -0.4 is 5.43 Å². The van der Waals surface area contributed by atoms with E-state index in [1.807, 2.05) is 36.4 Å². The minimum Gasteiger partial charge on any atom is -0.462 e. The van der Waals surface area contributed by atoms with Gasteiger partial charge in [-0.3, -0.25) is 10.4 Å². The lowest BCUT2D eigenvalue weighted by atomic mass is 10.1. The van der Waals surface area contributed by atoms with Crippen molar-refractivity contribution in [2.24, 2.45) is 5.10 Å². The lowest BCUT2D eigenvalue weighted by Crippen LogP contribution is -2.03. The van der Waals surface area contributed by atoms with E-state index in [1.165, 1.54) is 0 Å². The summed E-state index contributed by atoms with van der Waals surface area (Å²) in [6, 6.07) is 14.4. The monoisotopic (exact) mass is 335 g/mol. The van der Waals surface area contributed by atoms with Crippen LogP contribution in [0, 0.1) is 0 Å². The van der Waals surface area contributed by atoms with E-state index in [-0.39, 0.29) is 5.97 Å². The van der Waals surface area contributed by atoms with Gasteiger partial charge in [-0.1, -0.05) is 12.1 Å². The predicted molar refractivity (Wildman–Crippen MR) is 95.6 cm³/mol. The molecule has 0 fully saturated rings. The number of hydrogen-bond donors (Lipinski definition) is 1. The van der Waals surface area contributed by atoms with Crippen LogP contribution in [0.1, 0.15) is 23.0 Å². The molecular formula is C19H17N3O3. The summed E-state index contributed by atoms with van der Waals surface area (Å²) in [5, 5.41) is 4.12. The largest absolute Gasteiger partial charge is 0.462 e. The van der Waals surface area contributed by atoms with Gasteiger partial charge in [0, 0.05) is 18.0 Å². The molecule has 0 atom stereocenters.